The topological polar surface area (TPSA) is 140 Å². The molecule has 4 fully saturated rings. The highest BCUT2D eigenvalue weighted by atomic mass is 19.1. The number of nitrogens with zero attached hydrogens (tertiary/aromatic N) is 7. The number of hydrogen-bond acceptors (Lipinski definition) is 10. The first kappa shape index (κ1) is 45.0. The molecule has 9 rings (SSSR count). The number of nitrogens with one attached hydrogen (secondary N) is 3. The van der Waals surface area contributed by atoms with Gasteiger partial charge >= 0.3 is 0 Å². The Morgan fingerprint density at radius 3 is 2.29 bits per heavy atom. The molecule has 4 saturated heterocycles. The molecule has 0 bridgehead atoms. The Balaban J connectivity index is 0.749. The van der Waals surface area contributed by atoms with Gasteiger partial charge in [-0.05, 0) is 131 Å². The van der Waals surface area contributed by atoms with Gasteiger partial charge in [0, 0.05) is 119 Å². The van der Waals surface area contributed by atoms with Gasteiger partial charge in [-0.1, -0.05) is 0 Å². The Kier molecular flexibility index (Phi) is 13.0. The van der Waals surface area contributed by atoms with Crippen LogP contribution in [0.2, 0.25) is 0 Å². The molecule has 16 heteroatoms. The van der Waals surface area contributed by atoms with Crippen LogP contribution in [-0.4, -0.2) is 119 Å². The number of aryl methyl sites for hydroxylation is 2. The van der Waals surface area contributed by atoms with E-state index in [-0.39, 0.29) is 47.4 Å². The first-order valence-electron chi connectivity index (χ1n) is 23.4. The minimum atomic E-state index is -0.570. The fourth-order valence-corrected chi connectivity index (χ4v) is 10.8. The number of benzene rings is 2. The number of imide groups is 1. The molecule has 3 amide bonds. The molecule has 3 N–H and O–H groups in total. The van der Waals surface area contributed by atoms with Crippen molar-refractivity contribution in [2.24, 2.45) is 13.0 Å². The predicted molar refractivity (Wildman–Crippen MR) is 252 cm³/mol. The summed E-state index contributed by atoms with van der Waals surface area (Å²) in [5, 5.41) is 9.30. The number of carbonyl (C=O) groups excluding carboxylic acids is 3. The third kappa shape index (κ3) is 9.17. The number of rotatable bonds is 11. The SMILES string of the molecule is CNc1ccn(-c2ccnc3c2cc([C@@H](C)N2CCC(c4c(C)cc(C(=O)N5CCC(CN6CCN(c7ccc(N[C@@H]8CCC(=O)NC8=O)cc7F)CC6)CC5)cc4F)CC2)n3C)c(=O)c1. The van der Waals surface area contributed by atoms with Crippen molar-refractivity contribution in [3.8, 4) is 5.69 Å². The van der Waals surface area contributed by atoms with E-state index in [2.05, 4.69) is 53.2 Å². The molecular formula is C50H60F2N10O4. The van der Waals surface area contributed by atoms with Crippen molar-refractivity contribution in [3.63, 3.8) is 0 Å². The average Bonchev–Trinajstić information content (AvgIpc) is 3.66. The highest BCUT2D eigenvalue weighted by molar-refractivity contribution is 6.01. The van der Waals surface area contributed by atoms with Crippen molar-refractivity contribution < 1.29 is 23.2 Å². The van der Waals surface area contributed by atoms with Crippen LogP contribution in [-0.2, 0) is 16.6 Å². The summed E-state index contributed by atoms with van der Waals surface area (Å²) in [5.41, 5.74) is 6.30. The van der Waals surface area contributed by atoms with Gasteiger partial charge < -0.3 is 25.0 Å². The molecule has 14 nitrogen and oxygen atoms in total. The Labute approximate surface area is 383 Å². The maximum Gasteiger partial charge on any atom is 0.257 e. The van der Waals surface area contributed by atoms with E-state index < -0.39 is 11.9 Å². The summed E-state index contributed by atoms with van der Waals surface area (Å²) in [4.78, 5) is 63.8. The molecule has 0 aliphatic carbocycles. The number of aromatic nitrogens is 3. The van der Waals surface area contributed by atoms with Crippen molar-refractivity contribution in [2.75, 3.05) is 81.5 Å². The van der Waals surface area contributed by atoms with Crippen LogP contribution >= 0.6 is 0 Å². The van der Waals surface area contributed by atoms with E-state index in [1.54, 1.807) is 42.2 Å². The first-order valence-corrected chi connectivity index (χ1v) is 23.4. The van der Waals surface area contributed by atoms with E-state index in [1.807, 2.05) is 37.1 Å². The number of anilines is 3. The van der Waals surface area contributed by atoms with Gasteiger partial charge in [0.05, 0.1) is 11.4 Å². The van der Waals surface area contributed by atoms with Gasteiger partial charge in [-0.2, -0.15) is 0 Å². The van der Waals surface area contributed by atoms with Crippen LogP contribution in [0.5, 0.6) is 0 Å². The summed E-state index contributed by atoms with van der Waals surface area (Å²) in [5.74, 6) is -0.965. The number of hydrogen-bond donors (Lipinski definition) is 3. The van der Waals surface area contributed by atoms with E-state index in [1.165, 1.54) is 12.1 Å². The third-order valence-electron chi connectivity index (χ3n) is 14.6. The van der Waals surface area contributed by atoms with Crippen LogP contribution < -0.4 is 26.4 Å². The fourth-order valence-electron chi connectivity index (χ4n) is 10.8. The summed E-state index contributed by atoms with van der Waals surface area (Å²) in [6.07, 6.45) is 7.50. The quantitative estimate of drug-likeness (QED) is 0.132. The standard InChI is InChI=1S/C50H60F2N10O4/c1-31-25-35(50(66)61-16-10-33(11-17-61)30-58-21-23-60(24-22-58)43-7-5-37(27-39(43)51)55-41-6-8-45(63)56-49(41)65)26-40(52)47(31)34-12-18-59(19-13-34)32(2)44-29-38-42(9-15-54-48(38)57(44)4)62-20-14-36(53-3)28-46(62)64/h5,7,9,14-15,20,25-29,32-34,41,53,55H,6,8,10-13,16-19,21-24,30H2,1-4H3,(H,56,63,65)/t32-,41-/m1/s1. The van der Waals surface area contributed by atoms with E-state index in [0.717, 1.165) is 92.1 Å². The summed E-state index contributed by atoms with van der Waals surface area (Å²) in [7, 11) is 3.80. The number of piperazine rings is 1. The van der Waals surface area contributed by atoms with Crippen LogP contribution in [0, 0.1) is 24.5 Å². The van der Waals surface area contributed by atoms with Gasteiger partial charge in [-0.15, -0.1) is 0 Å². The molecule has 4 aliphatic heterocycles. The highest BCUT2D eigenvalue weighted by Crippen LogP contribution is 2.37. The van der Waals surface area contributed by atoms with E-state index >= 15 is 8.78 Å². The number of halogens is 2. The zero-order valence-corrected chi connectivity index (χ0v) is 38.3. The Morgan fingerprint density at radius 1 is 0.848 bits per heavy atom. The van der Waals surface area contributed by atoms with Crippen LogP contribution in [0.25, 0.3) is 16.7 Å². The van der Waals surface area contributed by atoms with Gasteiger partial charge in [-0.25, -0.2) is 13.8 Å². The van der Waals surface area contributed by atoms with E-state index in [9.17, 15) is 19.2 Å². The zero-order valence-electron chi connectivity index (χ0n) is 38.3. The third-order valence-corrected chi connectivity index (χ3v) is 14.6. The Hall–Kier alpha value is -6.13. The number of fused-ring (bicyclic) bond motifs is 1. The van der Waals surface area contributed by atoms with Crippen molar-refractivity contribution in [1.29, 1.82) is 0 Å². The zero-order chi connectivity index (χ0) is 46.2. The fraction of sp³-hybridized carbons (Fsp3) is 0.460. The second-order valence-corrected chi connectivity index (χ2v) is 18.6. The van der Waals surface area contributed by atoms with E-state index in [0.29, 0.717) is 61.0 Å². The number of likely N-dealkylation sites (tertiary alicyclic amines) is 2. The normalized spacial score (nSPS) is 19.9. The molecule has 4 aliphatic rings. The molecule has 0 radical (unpaired) electrons. The molecule has 0 unspecified atom stereocenters. The summed E-state index contributed by atoms with van der Waals surface area (Å²) < 4.78 is 35.1. The second kappa shape index (κ2) is 19.0. The maximum atomic E-state index is 16.1. The number of carbonyl (C=O) groups is 3. The average molecular weight is 903 g/mol. The summed E-state index contributed by atoms with van der Waals surface area (Å²) in [6, 6.07) is 15.2. The first-order chi connectivity index (χ1) is 31.8. The number of amides is 3. The number of pyridine rings is 2. The second-order valence-electron chi connectivity index (χ2n) is 18.6. The van der Waals surface area contributed by atoms with Gasteiger partial charge in [0.15, 0.2) is 0 Å². The minimum absolute atomic E-state index is 0.0529. The van der Waals surface area contributed by atoms with Crippen molar-refractivity contribution >= 4 is 45.8 Å². The van der Waals surface area contributed by atoms with Gasteiger partial charge in [0.2, 0.25) is 11.8 Å². The molecule has 2 aromatic carbocycles. The van der Waals surface area contributed by atoms with Gasteiger partial charge in [0.25, 0.3) is 11.5 Å². The lowest BCUT2D eigenvalue weighted by Crippen LogP contribution is -2.49. The molecular weight excluding hydrogens is 843 g/mol. The molecule has 66 heavy (non-hydrogen) atoms. The lowest BCUT2D eigenvalue weighted by Gasteiger charge is -2.39. The van der Waals surface area contributed by atoms with Gasteiger partial charge in [-0.3, -0.25) is 38.9 Å². The van der Waals surface area contributed by atoms with Crippen molar-refractivity contribution in [2.45, 2.75) is 70.4 Å². The molecule has 7 heterocycles. The smallest absolute Gasteiger partial charge is 0.257 e. The van der Waals surface area contributed by atoms with E-state index in [4.69, 9.17) is 0 Å². The predicted octanol–water partition coefficient (Wildman–Crippen LogP) is 6.18. The van der Waals surface area contributed by atoms with Gasteiger partial charge in [0.1, 0.15) is 23.3 Å². The van der Waals surface area contributed by atoms with Crippen molar-refractivity contribution in [3.05, 3.63) is 111 Å². The lowest BCUT2D eigenvalue weighted by molar-refractivity contribution is -0.133. The molecule has 2 atom stereocenters. The molecule has 3 aromatic heterocycles. The van der Waals surface area contributed by atoms with Crippen LogP contribution in [0.4, 0.5) is 25.8 Å². The monoisotopic (exact) mass is 902 g/mol. The lowest BCUT2D eigenvalue weighted by atomic mass is 9.85. The van der Waals surface area contributed by atoms with Crippen LogP contribution in [0.3, 0.4) is 0 Å². The van der Waals surface area contributed by atoms with Crippen molar-refractivity contribution in [1.82, 2.24) is 34.1 Å². The largest absolute Gasteiger partial charge is 0.388 e. The maximum absolute atomic E-state index is 16.1. The molecule has 5 aromatic rings. The summed E-state index contributed by atoms with van der Waals surface area (Å²) >= 11 is 0. The molecule has 348 valence electrons. The molecule has 0 saturated carbocycles. The van der Waals surface area contributed by atoms with Crippen LogP contribution in [0.1, 0.15) is 84.6 Å². The molecule has 0 spiro atoms. The highest BCUT2D eigenvalue weighted by Gasteiger charge is 2.32. The number of piperidine rings is 3. The van der Waals surface area contributed by atoms with Crippen LogP contribution in [0.15, 0.2) is 71.8 Å². The Morgan fingerprint density at radius 2 is 1.61 bits per heavy atom. The Bertz CT molecular complexity index is 2670. The summed E-state index contributed by atoms with van der Waals surface area (Å²) in [6.45, 7) is 10.9. The minimum Gasteiger partial charge on any atom is -0.388 e.